The van der Waals surface area contributed by atoms with Gasteiger partial charge >= 0.3 is 37.7 Å². The van der Waals surface area contributed by atoms with Crippen molar-refractivity contribution >= 4 is 50.6 Å². The largest absolute Gasteiger partial charge is 2.00 e. The summed E-state index contributed by atoms with van der Waals surface area (Å²) < 4.78 is 10.8. The molecule has 0 aromatic heterocycles. The van der Waals surface area contributed by atoms with E-state index in [2.05, 4.69) is 0 Å². The Balaban J connectivity index is -0.0000000720. The smallest absolute Gasteiger partial charge is 0.554 e. The van der Waals surface area contributed by atoms with Crippen molar-refractivity contribution < 1.29 is 22.5 Å². The van der Waals surface area contributed by atoms with Crippen molar-refractivity contribution in [2.24, 2.45) is 0 Å². The molecule has 0 unspecified atom stereocenters. The average Bonchev–Trinajstić information content (AvgIpc) is 1.25. The van der Waals surface area contributed by atoms with Crippen LogP contribution in [0.4, 0.5) is 0 Å². The first-order chi connectivity index (χ1) is 3.46. The van der Waals surface area contributed by atoms with Crippen LogP contribution < -0.4 is 10.2 Å². The zero-order valence-electron chi connectivity index (χ0n) is 5.34. The minimum atomic E-state index is -1.83. The Hall–Kier alpha value is 0.200. The monoisotopic (exact) mass is 132 g/mol. The number of carbonyl (C=O) groups is 2. The van der Waals surface area contributed by atoms with Crippen molar-refractivity contribution in [1.82, 2.24) is 0 Å². The molecule has 0 N–H and O–H groups in total. The van der Waals surface area contributed by atoms with E-state index in [1.165, 1.54) is 0 Å². The fourth-order valence-electron chi connectivity index (χ4n) is 0. The Morgan fingerprint density at radius 3 is 1.29 bits per heavy atom. The van der Waals surface area contributed by atoms with Gasteiger partial charge < -0.3 is 19.8 Å². The van der Waals surface area contributed by atoms with Crippen LogP contribution in [0.5, 0.6) is 0 Å². The summed E-state index contributed by atoms with van der Waals surface area (Å²) in [5.74, 6) is 0. The average molecular weight is 132 g/mol. The Bertz CT molecular complexity index is 74.6. The molecule has 0 fully saturated rings. The predicted molar refractivity (Wildman–Crippen MR) is 17.9 cm³/mol. The standard InChI is InChI=1S/2CH2O2.Ca/c2*2-1-3;/h2*1H,(H,2,3);/q;;+2/p-2/i2*1D;. The van der Waals surface area contributed by atoms with Crippen molar-refractivity contribution in [1.29, 1.82) is 0 Å². The Labute approximate surface area is 72.9 Å². The van der Waals surface area contributed by atoms with Gasteiger partial charge in [0, 0.05) is 12.9 Å². The summed E-state index contributed by atoms with van der Waals surface area (Å²) >= 11 is 0. The van der Waals surface area contributed by atoms with Crippen molar-refractivity contribution in [3.05, 3.63) is 0 Å². The molecular weight excluding hydrogens is 128 g/mol. The van der Waals surface area contributed by atoms with Gasteiger partial charge in [0.1, 0.15) is 0 Å². The van der Waals surface area contributed by atoms with Crippen LogP contribution in [0.15, 0.2) is 0 Å². The van der Waals surface area contributed by atoms with Crippen molar-refractivity contribution in [3.63, 3.8) is 0 Å². The minimum absolute atomic E-state index is 0. The van der Waals surface area contributed by atoms with Gasteiger partial charge in [0.25, 0.3) is 0 Å². The number of hydrogen-bond donors (Lipinski definition) is 0. The summed E-state index contributed by atoms with van der Waals surface area (Å²) in [6, 6.07) is 0. The Kier molecular flexibility index (Phi) is 35.6. The molecule has 0 rings (SSSR count). The summed E-state index contributed by atoms with van der Waals surface area (Å²) in [4.78, 5) is 17.1. The fraction of sp³-hybridized carbons (Fsp3) is 0. The summed E-state index contributed by atoms with van der Waals surface area (Å²) in [5, 5.41) is 17.1. The maximum Gasteiger partial charge on any atom is 2.00 e. The van der Waals surface area contributed by atoms with Crippen molar-refractivity contribution in [2.45, 2.75) is 0 Å². The number of rotatable bonds is 0. The summed E-state index contributed by atoms with van der Waals surface area (Å²) in [6.45, 7) is 0. The van der Waals surface area contributed by atoms with Gasteiger partial charge in [-0.15, -0.1) is 0 Å². The second kappa shape index (κ2) is 34.6. The van der Waals surface area contributed by atoms with Crippen LogP contribution in [0.2, 0.25) is 0 Å². The van der Waals surface area contributed by atoms with Crippen LogP contribution in [0, 0.1) is 0 Å². The number of carbonyl (C=O) groups excluding carboxylic acids is 2. The molecule has 0 aliphatic carbocycles. The molecule has 0 aliphatic heterocycles. The molecule has 0 heterocycles. The quantitative estimate of drug-likeness (QED) is 0.251. The summed E-state index contributed by atoms with van der Waals surface area (Å²) in [5.41, 5.74) is 0. The molecule has 4 nitrogen and oxygen atoms in total. The third-order valence-electron chi connectivity index (χ3n) is 0. The number of hydrogen-bond acceptors (Lipinski definition) is 4. The molecule has 0 saturated carbocycles. The van der Waals surface area contributed by atoms with E-state index < -0.39 is 12.9 Å². The van der Waals surface area contributed by atoms with Crippen molar-refractivity contribution in [3.8, 4) is 0 Å². The molecule has 0 atom stereocenters. The van der Waals surface area contributed by atoms with E-state index in [1.807, 2.05) is 0 Å². The maximum atomic E-state index is 8.56. The third-order valence-corrected chi connectivity index (χ3v) is 0. The van der Waals surface area contributed by atoms with E-state index in [1.54, 1.807) is 0 Å². The second-order valence-corrected chi connectivity index (χ2v) is 0.167. The first-order valence-corrected chi connectivity index (χ1v) is 0.816. The van der Waals surface area contributed by atoms with Crippen molar-refractivity contribution in [2.75, 3.05) is 0 Å². The summed E-state index contributed by atoms with van der Waals surface area (Å²) in [7, 11) is 0. The summed E-state index contributed by atoms with van der Waals surface area (Å²) in [6.07, 6.45) is -3.67. The van der Waals surface area contributed by atoms with Crippen LogP contribution in [0.3, 0.4) is 0 Å². The molecule has 0 aliphatic rings. The normalized spacial score (nSPS) is 7.43. The molecule has 7 heavy (non-hydrogen) atoms. The first kappa shape index (κ1) is 7.20. The molecule has 0 spiro atoms. The van der Waals surface area contributed by atoms with Gasteiger partial charge in [0.15, 0.2) is 0 Å². The Morgan fingerprint density at radius 1 is 1.29 bits per heavy atom. The van der Waals surface area contributed by atoms with Crippen LogP contribution >= 0.6 is 0 Å². The van der Waals surface area contributed by atoms with E-state index in [4.69, 9.17) is 22.5 Å². The molecule has 0 amide bonds. The van der Waals surface area contributed by atoms with Gasteiger partial charge in [-0.05, 0) is 0 Å². The van der Waals surface area contributed by atoms with E-state index in [9.17, 15) is 0 Å². The second-order valence-electron chi connectivity index (χ2n) is 0.167. The third kappa shape index (κ3) is 2740. The molecular formula is C2H2CaO4. The van der Waals surface area contributed by atoms with Gasteiger partial charge in [-0.2, -0.15) is 0 Å². The van der Waals surface area contributed by atoms with Crippen LogP contribution in [0.25, 0.3) is 0 Å². The molecule has 36 valence electrons. The molecule has 5 heteroatoms. The first-order valence-electron chi connectivity index (χ1n) is 1.82. The van der Waals surface area contributed by atoms with E-state index in [0.717, 1.165) is 0 Å². The number of carboxylic acid groups (broad SMARTS) is 2. The fourth-order valence-corrected chi connectivity index (χ4v) is 0. The SMILES string of the molecule is [2H]C(=O)[O-].[2H]C(=O)[O-].[Ca+2]. The minimum Gasteiger partial charge on any atom is -0.554 e. The van der Waals surface area contributed by atoms with E-state index >= 15 is 0 Å². The zero-order chi connectivity index (χ0) is 7.15. The topological polar surface area (TPSA) is 80.3 Å². The van der Waals surface area contributed by atoms with Crippen LogP contribution in [-0.2, 0) is 9.59 Å². The van der Waals surface area contributed by atoms with Gasteiger partial charge in [-0.1, -0.05) is 0 Å². The van der Waals surface area contributed by atoms with Gasteiger partial charge in [-0.3, -0.25) is 0 Å². The van der Waals surface area contributed by atoms with Crippen LogP contribution in [-0.4, -0.2) is 50.6 Å². The van der Waals surface area contributed by atoms with E-state index in [-0.39, 0.29) is 37.7 Å². The van der Waals surface area contributed by atoms with Gasteiger partial charge in [0.05, 0.1) is 2.74 Å². The zero-order valence-corrected chi connectivity index (χ0v) is 5.55. The van der Waals surface area contributed by atoms with Gasteiger partial charge in [-0.25, -0.2) is 0 Å². The predicted octanol–water partition coefficient (Wildman–Crippen LogP) is -3.65. The Morgan fingerprint density at radius 2 is 1.29 bits per heavy atom. The van der Waals surface area contributed by atoms with E-state index in [0.29, 0.717) is 0 Å². The van der Waals surface area contributed by atoms with Crippen LogP contribution in [0.1, 0.15) is 2.74 Å². The molecule has 0 saturated heterocycles. The molecule has 0 aromatic rings. The molecule has 0 bridgehead atoms. The molecule has 0 aromatic carbocycles. The maximum absolute atomic E-state index is 8.56. The van der Waals surface area contributed by atoms with Gasteiger partial charge in [0.2, 0.25) is 0 Å². The molecule has 0 radical (unpaired) electrons.